The molecule has 0 saturated carbocycles. The van der Waals surface area contributed by atoms with E-state index in [2.05, 4.69) is 13.8 Å². The molecule has 1 aromatic carbocycles. The second kappa shape index (κ2) is 6.70. The molecule has 0 amide bonds. The van der Waals surface area contributed by atoms with E-state index in [1.165, 1.54) is 0 Å². The van der Waals surface area contributed by atoms with Gasteiger partial charge >= 0.3 is 0 Å². The number of carbonyl (C=O) groups is 1. The van der Waals surface area contributed by atoms with Crippen LogP contribution in [-0.4, -0.2) is 18.6 Å². The first-order chi connectivity index (χ1) is 8.04. The molecule has 0 unspecified atom stereocenters. The van der Waals surface area contributed by atoms with Crippen molar-refractivity contribution in [2.45, 2.75) is 26.5 Å². The van der Waals surface area contributed by atoms with E-state index < -0.39 is 0 Å². The van der Waals surface area contributed by atoms with E-state index in [1.54, 1.807) is 14.0 Å². The van der Waals surface area contributed by atoms with Crippen LogP contribution in [0.25, 0.3) is 0 Å². The van der Waals surface area contributed by atoms with Crippen LogP contribution in [0.5, 0.6) is 5.75 Å². The number of hydrogen-bond donors (Lipinski definition) is 0. The van der Waals surface area contributed by atoms with Gasteiger partial charge in [-0.3, -0.25) is 4.79 Å². The highest BCUT2D eigenvalue weighted by atomic mass is 32.2. The lowest BCUT2D eigenvalue weighted by molar-refractivity contribution is 0.101. The van der Waals surface area contributed by atoms with Crippen molar-refractivity contribution in [1.29, 1.82) is 0 Å². The topological polar surface area (TPSA) is 26.3 Å². The Balaban J connectivity index is 2.79. The fourth-order valence-corrected chi connectivity index (χ4v) is 2.55. The maximum Gasteiger partial charge on any atom is 0.159 e. The van der Waals surface area contributed by atoms with E-state index in [9.17, 15) is 4.79 Å². The lowest BCUT2D eigenvalue weighted by atomic mass is 10.1. The fraction of sp³-hybridized carbons (Fsp3) is 0.500. The molecule has 0 radical (unpaired) electrons. The van der Waals surface area contributed by atoms with Crippen LogP contribution in [0.4, 0.5) is 0 Å². The van der Waals surface area contributed by atoms with Gasteiger partial charge in [0.2, 0.25) is 0 Å². The van der Waals surface area contributed by atoms with Crippen molar-refractivity contribution in [1.82, 2.24) is 0 Å². The Morgan fingerprint density at radius 1 is 1.41 bits per heavy atom. The third kappa shape index (κ3) is 4.43. The molecule has 3 heteroatoms. The van der Waals surface area contributed by atoms with Crippen LogP contribution in [0.3, 0.4) is 0 Å². The van der Waals surface area contributed by atoms with Crippen LogP contribution < -0.4 is 4.74 Å². The zero-order chi connectivity index (χ0) is 12.8. The smallest absolute Gasteiger partial charge is 0.159 e. The predicted molar refractivity (Wildman–Crippen MR) is 74.0 cm³/mol. The van der Waals surface area contributed by atoms with Crippen molar-refractivity contribution < 1.29 is 9.53 Å². The highest BCUT2D eigenvalue weighted by Crippen LogP contribution is 2.25. The van der Waals surface area contributed by atoms with E-state index in [-0.39, 0.29) is 5.78 Å². The van der Waals surface area contributed by atoms with Crippen molar-refractivity contribution in [3.63, 3.8) is 0 Å². The summed E-state index contributed by atoms with van der Waals surface area (Å²) in [6.45, 7) is 6.00. The van der Waals surface area contributed by atoms with E-state index >= 15 is 0 Å². The maximum absolute atomic E-state index is 11.3. The van der Waals surface area contributed by atoms with Crippen LogP contribution in [0, 0.1) is 5.92 Å². The van der Waals surface area contributed by atoms with Crippen molar-refractivity contribution in [2.24, 2.45) is 5.92 Å². The van der Waals surface area contributed by atoms with Gasteiger partial charge in [0.15, 0.2) is 5.78 Å². The molecular formula is C14H20O2S. The molecule has 0 saturated heterocycles. The number of hydrogen-bond acceptors (Lipinski definition) is 3. The summed E-state index contributed by atoms with van der Waals surface area (Å²) in [6.07, 6.45) is 0. The minimum Gasteiger partial charge on any atom is -0.496 e. The Morgan fingerprint density at radius 3 is 2.65 bits per heavy atom. The van der Waals surface area contributed by atoms with Gasteiger partial charge < -0.3 is 4.74 Å². The number of methoxy groups -OCH3 is 1. The van der Waals surface area contributed by atoms with E-state index in [0.29, 0.717) is 5.92 Å². The van der Waals surface area contributed by atoms with Gasteiger partial charge in [0.25, 0.3) is 0 Å². The van der Waals surface area contributed by atoms with Crippen molar-refractivity contribution in [3.05, 3.63) is 29.3 Å². The predicted octanol–water partition coefficient (Wildman–Crippen LogP) is 3.79. The maximum atomic E-state index is 11.3. The summed E-state index contributed by atoms with van der Waals surface area (Å²) in [5, 5.41) is 0. The Labute approximate surface area is 108 Å². The van der Waals surface area contributed by atoms with Crippen molar-refractivity contribution in [3.8, 4) is 5.75 Å². The van der Waals surface area contributed by atoms with Crippen LogP contribution in [-0.2, 0) is 5.75 Å². The third-order valence-corrected chi connectivity index (χ3v) is 3.81. The van der Waals surface area contributed by atoms with Gasteiger partial charge in [0.1, 0.15) is 5.75 Å². The number of ketones is 1. The number of benzene rings is 1. The molecule has 0 N–H and O–H groups in total. The van der Waals surface area contributed by atoms with E-state index in [4.69, 9.17) is 4.74 Å². The molecule has 0 aliphatic heterocycles. The van der Waals surface area contributed by atoms with Gasteiger partial charge in [-0.1, -0.05) is 13.8 Å². The van der Waals surface area contributed by atoms with Gasteiger partial charge in [-0.05, 0) is 36.8 Å². The highest BCUT2D eigenvalue weighted by molar-refractivity contribution is 7.98. The fourth-order valence-electron chi connectivity index (χ4n) is 1.51. The summed E-state index contributed by atoms with van der Waals surface area (Å²) >= 11 is 1.87. The third-order valence-electron chi connectivity index (χ3n) is 2.40. The zero-order valence-corrected chi connectivity index (χ0v) is 11.8. The number of rotatable bonds is 6. The average molecular weight is 252 g/mol. The molecule has 1 aromatic rings. The minimum atomic E-state index is 0.0998. The van der Waals surface area contributed by atoms with Crippen LogP contribution in [0.2, 0.25) is 0 Å². The normalized spacial score (nSPS) is 10.6. The average Bonchev–Trinajstić information content (AvgIpc) is 2.28. The molecular weight excluding hydrogens is 232 g/mol. The number of Topliss-reactive ketones (excluding diaryl/α,β-unsaturated/α-hetero) is 1. The first-order valence-corrected chi connectivity index (χ1v) is 6.95. The molecule has 0 heterocycles. The van der Waals surface area contributed by atoms with E-state index in [0.717, 1.165) is 28.4 Å². The van der Waals surface area contributed by atoms with Crippen molar-refractivity contribution >= 4 is 17.5 Å². The molecule has 0 aliphatic rings. The SMILES string of the molecule is COc1ccc(C(C)=O)cc1CSCC(C)C. The number of thioether (sulfide) groups is 1. The van der Waals surface area contributed by atoms with Gasteiger partial charge in [0.05, 0.1) is 7.11 Å². The summed E-state index contributed by atoms with van der Waals surface area (Å²) in [6, 6.07) is 5.63. The molecule has 94 valence electrons. The van der Waals surface area contributed by atoms with Gasteiger partial charge in [-0.2, -0.15) is 11.8 Å². The van der Waals surface area contributed by atoms with Crippen LogP contribution in [0.15, 0.2) is 18.2 Å². The lowest BCUT2D eigenvalue weighted by Gasteiger charge is -2.10. The monoisotopic (exact) mass is 252 g/mol. The first-order valence-electron chi connectivity index (χ1n) is 5.80. The molecule has 0 aromatic heterocycles. The van der Waals surface area contributed by atoms with Gasteiger partial charge in [-0.25, -0.2) is 0 Å². The summed E-state index contributed by atoms with van der Waals surface area (Å²) in [7, 11) is 1.67. The molecule has 0 fully saturated rings. The minimum absolute atomic E-state index is 0.0998. The summed E-state index contributed by atoms with van der Waals surface area (Å²) < 4.78 is 5.31. The number of carbonyl (C=O) groups excluding carboxylic acids is 1. The molecule has 0 atom stereocenters. The molecule has 0 spiro atoms. The lowest BCUT2D eigenvalue weighted by Crippen LogP contribution is -1.98. The van der Waals surface area contributed by atoms with Crippen LogP contribution in [0.1, 0.15) is 36.7 Å². The zero-order valence-electron chi connectivity index (χ0n) is 10.9. The molecule has 2 nitrogen and oxygen atoms in total. The second-order valence-electron chi connectivity index (χ2n) is 4.49. The summed E-state index contributed by atoms with van der Waals surface area (Å²) in [5.74, 6) is 3.66. The van der Waals surface area contributed by atoms with Gasteiger partial charge in [-0.15, -0.1) is 0 Å². The largest absolute Gasteiger partial charge is 0.496 e. The Hall–Kier alpha value is -0.960. The molecule has 1 rings (SSSR count). The summed E-state index contributed by atoms with van der Waals surface area (Å²) in [5.41, 5.74) is 1.86. The Morgan fingerprint density at radius 2 is 2.12 bits per heavy atom. The second-order valence-corrected chi connectivity index (χ2v) is 5.52. The van der Waals surface area contributed by atoms with E-state index in [1.807, 2.05) is 30.0 Å². The number of ether oxygens (including phenoxy) is 1. The highest BCUT2D eigenvalue weighted by Gasteiger charge is 2.07. The Kier molecular flexibility index (Phi) is 5.56. The summed E-state index contributed by atoms with van der Waals surface area (Å²) in [4.78, 5) is 11.3. The molecule has 17 heavy (non-hydrogen) atoms. The van der Waals surface area contributed by atoms with Crippen molar-refractivity contribution in [2.75, 3.05) is 12.9 Å². The standard InChI is InChI=1S/C14H20O2S/c1-10(2)8-17-9-13-7-12(11(3)15)5-6-14(13)16-4/h5-7,10H,8-9H2,1-4H3. The first kappa shape index (κ1) is 14.1. The molecule has 0 bridgehead atoms. The van der Waals surface area contributed by atoms with Gasteiger partial charge in [0, 0.05) is 16.9 Å². The Bertz CT molecular complexity index is 386. The molecule has 0 aliphatic carbocycles. The van der Waals surface area contributed by atoms with Crippen LogP contribution >= 0.6 is 11.8 Å². The quantitative estimate of drug-likeness (QED) is 0.721.